The first-order valence-electron chi connectivity index (χ1n) is 8.63. The van der Waals surface area contributed by atoms with E-state index < -0.39 is 0 Å². The van der Waals surface area contributed by atoms with E-state index in [0.29, 0.717) is 0 Å². The van der Waals surface area contributed by atoms with Crippen LogP contribution in [0.5, 0.6) is 0 Å². The smallest absolute Gasteiger partial charge is 0.321 e. The van der Waals surface area contributed by atoms with Crippen molar-refractivity contribution >= 4 is 11.7 Å². The number of piperazine rings is 1. The minimum atomic E-state index is 0.0612. The van der Waals surface area contributed by atoms with Crippen molar-refractivity contribution in [2.24, 2.45) is 0 Å². The quantitative estimate of drug-likeness (QED) is 0.927. The molecule has 4 heteroatoms. The third kappa shape index (κ3) is 3.27. The molecule has 0 unspecified atom stereocenters. The molecule has 22 heavy (non-hydrogen) atoms. The van der Waals surface area contributed by atoms with Crippen LogP contribution in [0.25, 0.3) is 0 Å². The summed E-state index contributed by atoms with van der Waals surface area (Å²) in [4.78, 5) is 17.1. The van der Waals surface area contributed by atoms with Gasteiger partial charge in [-0.15, -0.1) is 0 Å². The summed E-state index contributed by atoms with van der Waals surface area (Å²) in [5.74, 6) is 0. The Morgan fingerprint density at radius 1 is 1.09 bits per heavy atom. The highest BCUT2D eigenvalue weighted by molar-refractivity contribution is 5.91. The van der Waals surface area contributed by atoms with Gasteiger partial charge < -0.3 is 10.2 Å². The van der Waals surface area contributed by atoms with Crippen LogP contribution in [0.15, 0.2) is 18.2 Å². The number of urea groups is 1. The van der Waals surface area contributed by atoms with E-state index in [4.69, 9.17) is 0 Å². The van der Waals surface area contributed by atoms with E-state index in [0.717, 1.165) is 50.7 Å². The van der Waals surface area contributed by atoms with Crippen molar-refractivity contribution in [2.75, 3.05) is 31.5 Å². The highest BCUT2D eigenvalue weighted by atomic mass is 16.2. The van der Waals surface area contributed by atoms with Crippen molar-refractivity contribution in [3.63, 3.8) is 0 Å². The Morgan fingerprint density at radius 3 is 2.18 bits per heavy atom. The number of amides is 2. The summed E-state index contributed by atoms with van der Waals surface area (Å²) in [6, 6.07) is 7.17. The number of anilines is 1. The fraction of sp³-hybridized carbons (Fsp3) is 0.611. The van der Waals surface area contributed by atoms with Gasteiger partial charge in [-0.3, -0.25) is 4.90 Å². The molecule has 0 spiro atoms. The molecule has 0 aromatic heterocycles. The number of aryl methyl sites for hydroxylation is 2. The monoisotopic (exact) mass is 301 g/mol. The lowest BCUT2D eigenvalue weighted by molar-refractivity contribution is 0.142. The molecule has 1 aromatic carbocycles. The minimum Gasteiger partial charge on any atom is -0.322 e. The fourth-order valence-electron chi connectivity index (χ4n) is 3.32. The molecule has 1 heterocycles. The van der Waals surface area contributed by atoms with Crippen molar-refractivity contribution in [3.05, 3.63) is 29.3 Å². The number of nitrogens with one attached hydrogen (secondary N) is 1. The zero-order valence-electron chi connectivity index (χ0n) is 13.8. The van der Waals surface area contributed by atoms with Gasteiger partial charge in [0.15, 0.2) is 0 Å². The van der Waals surface area contributed by atoms with Crippen LogP contribution < -0.4 is 5.32 Å². The highest BCUT2D eigenvalue weighted by Gasteiger charge is 2.32. The number of carbonyl (C=O) groups excluding carboxylic acids is 1. The Labute approximate surface area is 133 Å². The topological polar surface area (TPSA) is 35.6 Å². The van der Waals surface area contributed by atoms with Gasteiger partial charge in [-0.05, 0) is 36.8 Å². The predicted octanol–water partition coefficient (Wildman–Crippen LogP) is 3.12. The molecule has 1 aromatic rings. The Balaban J connectivity index is 1.64. The van der Waals surface area contributed by atoms with Gasteiger partial charge in [-0.25, -0.2) is 4.79 Å². The first kappa shape index (κ1) is 15.3. The van der Waals surface area contributed by atoms with Crippen molar-refractivity contribution < 1.29 is 4.79 Å². The summed E-state index contributed by atoms with van der Waals surface area (Å²) in [6.45, 7) is 8.01. The number of hydrogen-bond acceptors (Lipinski definition) is 2. The summed E-state index contributed by atoms with van der Waals surface area (Å²) in [5, 5.41) is 3.18. The van der Waals surface area contributed by atoms with Crippen LogP contribution in [0, 0.1) is 0 Å². The normalized spacial score (nSPS) is 19.3. The maximum atomic E-state index is 12.6. The van der Waals surface area contributed by atoms with Gasteiger partial charge in [-0.2, -0.15) is 0 Å². The summed E-state index contributed by atoms with van der Waals surface area (Å²) >= 11 is 0. The second-order valence-electron chi connectivity index (χ2n) is 6.34. The summed E-state index contributed by atoms with van der Waals surface area (Å²) in [6.07, 6.45) is 4.57. The van der Waals surface area contributed by atoms with Crippen molar-refractivity contribution in [2.45, 2.75) is 45.6 Å². The summed E-state index contributed by atoms with van der Waals surface area (Å²) in [7, 11) is 0. The van der Waals surface area contributed by atoms with Crippen molar-refractivity contribution in [1.82, 2.24) is 9.80 Å². The molecular formula is C18H27N3O. The molecule has 0 atom stereocenters. The molecule has 4 nitrogen and oxygen atoms in total. The number of benzene rings is 1. The molecule has 1 N–H and O–H groups in total. The maximum absolute atomic E-state index is 12.6. The standard InChI is InChI=1S/C18H27N3O/c1-3-14-6-5-7-15(4-2)17(14)19-18(22)21-12-10-20(11-13-21)16-8-9-16/h5-7,16H,3-4,8-13H2,1-2H3,(H,19,22). The Hall–Kier alpha value is -1.55. The molecular weight excluding hydrogens is 274 g/mol. The van der Waals surface area contributed by atoms with E-state index >= 15 is 0 Å². The van der Waals surface area contributed by atoms with Gasteiger partial charge in [0.1, 0.15) is 0 Å². The first-order valence-corrected chi connectivity index (χ1v) is 8.63. The molecule has 1 saturated heterocycles. The van der Waals surface area contributed by atoms with Gasteiger partial charge in [0.25, 0.3) is 0 Å². The van der Waals surface area contributed by atoms with Crippen LogP contribution in [0.1, 0.15) is 37.8 Å². The molecule has 0 bridgehead atoms. The second-order valence-corrected chi connectivity index (χ2v) is 6.34. The zero-order valence-corrected chi connectivity index (χ0v) is 13.8. The second kappa shape index (κ2) is 6.69. The lowest BCUT2D eigenvalue weighted by Crippen LogP contribution is -2.50. The van der Waals surface area contributed by atoms with Gasteiger partial charge >= 0.3 is 6.03 Å². The van der Waals surface area contributed by atoms with Crippen LogP contribution in [-0.4, -0.2) is 48.1 Å². The number of hydrogen-bond donors (Lipinski definition) is 1. The minimum absolute atomic E-state index is 0.0612. The number of para-hydroxylation sites is 1. The molecule has 1 aliphatic heterocycles. The Morgan fingerprint density at radius 2 is 1.68 bits per heavy atom. The van der Waals surface area contributed by atoms with Gasteiger partial charge in [-0.1, -0.05) is 32.0 Å². The van der Waals surface area contributed by atoms with Gasteiger partial charge in [0, 0.05) is 37.9 Å². The average Bonchev–Trinajstić information content (AvgIpc) is 3.40. The molecule has 1 saturated carbocycles. The number of rotatable bonds is 4. The van der Waals surface area contributed by atoms with Crippen LogP contribution in [0.4, 0.5) is 10.5 Å². The van der Waals surface area contributed by atoms with E-state index in [2.05, 4.69) is 42.3 Å². The molecule has 1 aliphatic carbocycles. The van der Waals surface area contributed by atoms with Gasteiger partial charge in [0.2, 0.25) is 0 Å². The lowest BCUT2D eigenvalue weighted by atomic mass is 10.0. The van der Waals surface area contributed by atoms with Crippen LogP contribution >= 0.6 is 0 Å². The first-order chi connectivity index (χ1) is 10.7. The predicted molar refractivity (Wildman–Crippen MR) is 90.4 cm³/mol. The number of carbonyl (C=O) groups is 1. The van der Waals surface area contributed by atoms with E-state index in [1.165, 1.54) is 24.0 Å². The Kier molecular flexibility index (Phi) is 4.67. The molecule has 120 valence electrons. The molecule has 0 radical (unpaired) electrons. The van der Waals surface area contributed by atoms with Crippen LogP contribution in [0.3, 0.4) is 0 Å². The maximum Gasteiger partial charge on any atom is 0.321 e. The lowest BCUT2D eigenvalue weighted by Gasteiger charge is -2.35. The van der Waals surface area contributed by atoms with Crippen LogP contribution in [-0.2, 0) is 12.8 Å². The average molecular weight is 301 g/mol. The molecule has 2 fully saturated rings. The van der Waals surface area contributed by atoms with Gasteiger partial charge in [0.05, 0.1) is 0 Å². The summed E-state index contributed by atoms with van der Waals surface area (Å²) < 4.78 is 0. The van der Waals surface area contributed by atoms with E-state index in [-0.39, 0.29) is 6.03 Å². The fourth-order valence-corrected chi connectivity index (χ4v) is 3.32. The third-order valence-electron chi connectivity index (χ3n) is 4.90. The SMILES string of the molecule is CCc1cccc(CC)c1NC(=O)N1CCN(C2CC2)CC1. The van der Waals surface area contributed by atoms with E-state index in [1.54, 1.807) is 0 Å². The van der Waals surface area contributed by atoms with Crippen molar-refractivity contribution in [3.8, 4) is 0 Å². The third-order valence-corrected chi connectivity index (χ3v) is 4.90. The zero-order chi connectivity index (χ0) is 15.5. The van der Waals surface area contributed by atoms with Crippen LogP contribution in [0.2, 0.25) is 0 Å². The van der Waals surface area contributed by atoms with E-state index in [9.17, 15) is 4.79 Å². The Bertz CT molecular complexity index is 509. The molecule has 3 rings (SSSR count). The highest BCUT2D eigenvalue weighted by Crippen LogP contribution is 2.28. The molecule has 2 aliphatic rings. The van der Waals surface area contributed by atoms with E-state index in [1.807, 2.05) is 4.90 Å². The van der Waals surface area contributed by atoms with Crippen molar-refractivity contribution in [1.29, 1.82) is 0 Å². The summed E-state index contributed by atoms with van der Waals surface area (Å²) in [5.41, 5.74) is 3.48. The number of nitrogens with zero attached hydrogens (tertiary/aromatic N) is 2. The largest absolute Gasteiger partial charge is 0.322 e. The molecule has 2 amide bonds.